The average molecular weight is 213 g/mol. The molecule has 0 bridgehead atoms. The van der Waals surface area contributed by atoms with Crippen molar-refractivity contribution < 1.29 is 9.53 Å². The fraction of sp³-hybridized carbons (Fsp3) is 0.917. The van der Waals surface area contributed by atoms with E-state index in [2.05, 4.69) is 25.8 Å². The van der Waals surface area contributed by atoms with E-state index in [1.807, 2.05) is 13.8 Å². The van der Waals surface area contributed by atoms with Crippen LogP contribution in [0.4, 0.5) is 0 Å². The molecule has 1 aliphatic rings. The first-order valence-electron chi connectivity index (χ1n) is 5.74. The molecule has 1 fully saturated rings. The molecule has 88 valence electrons. The SMILES string of the molecule is CC(C)C(=O)O[C@H]1CCC(C)(C)N(C)C1. The molecular weight excluding hydrogens is 190 g/mol. The van der Waals surface area contributed by atoms with E-state index in [0.717, 1.165) is 19.4 Å². The van der Waals surface area contributed by atoms with Crippen LogP contribution in [0.1, 0.15) is 40.5 Å². The molecule has 3 nitrogen and oxygen atoms in total. The molecule has 0 aliphatic carbocycles. The number of hydrogen-bond donors (Lipinski definition) is 0. The van der Waals surface area contributed by atoms with Gasteiger partial charge in [-0.05, 0) is 33.7 Å². The molecule has 1 saturated heterocycles. The van der Waals surface area contributed by atoms with Crippen LogP contribution in [-0.2, 0) is 9.53 Å². The molecule has 0 aromatic carbocycles. The van der Waals surface area contributed by atoms with Crippen molar-refractivity contribution in [2.45, 2.75) is 52.2 Å². The molecule has 1 rings (SSSR count). The number of piperidine rings is 1. The maximum atomic E-state index is 11.4. The fourth-order valence-corrected chi connectivity index (χ4v) is 1.75. The van der Waals surface area contributed by atoms with Crippen LogP contribution in [0.25, 0.3) is 0 Å². The molecule has 1 heterocycles. The summed E-state index contributed by atoms with van der Waals surface area (Å²) in [6, 6.07) is 0. The molecule has 3 heteroatoms. The highest BCUT2D eigenvalue weighted by Crippen LogP contribution is 2.27. The Kier molecular flexibility index (Phi) is 3.77. The second kappa shape index (κ2) is 4.52. The van der Waals surface area contributed by atoms with Gasteiger partial charge in [0.05, 0.1) is 5.92 Å². The summed E-state index contributed by atoms with van der Waals surface area (Å²) in [5, 5.41) is 0. The van der Waals surface area contributed by atoms with Crippen molar-refractivity contribution in [2.24, 2.45) is 5.92 Å². The first-order chi connectivity index (χ1) is 6.83. The van der Waals surface area contributed by atoms with Crippen LogP contribution in [-0.4, -0.2) is 36.1 Å². The van der Waals surface area contributed by atoms with E-state index in [4.69, 9.17) is 4.74 Å². The number of nitrogens with zero attached hydrogens (tertiary/aromatic N) is 1. The van der Waals surface area contributed by atoms with Gasteiger partial charge in [-0.2, -0.15) is 0 Å². The van der Waals surface area contributed by atoms with E-state index in [1.165, 1.54) is 0 Å². The van der Waals surface area contributed by atoms with Crippen molar-refractivity contribution in [2.75, 3.05) is 13.6 Å². The number of likely N-dealkylation sites (N-methyl/N-ethyl adjacent to an activating group) is 1. The Hall–Kier alpha value is -0.570. The smallest absolute Gasteiger partial charge is 0.308 e. The van der Waals surface area contributed by atoms with Gasteiger partial charge >= 0.3 is 5.97 Å². The summed E-state index contributed by atoms with van der Waals surface area (Å²) >= 11 is 0. The Morgan fingerprint density at radius 3 is 2.53 bits per heavy atom. The van der Waals surface area contributed by atoms with Crippen LogP contribution in [0, 0.1) is 5.92 Å². The first-order valence-corrected chi connectivity index (χ1v) is 5.74. The van der Waals surface area contributed by atoms with Crippen molar-refractivity contribution >= 4 is 5.97 Å². The van der Waals surface area contributed by atoms with E-state index in [9.17, 15) is 4.79 Å². The fourth-order valence-electron chi connectivity index (χ4n) is 1.75. The summed E-state index contributed by atoms with van der Waals surface area (Å²) in [5.41, 5.74) is 0.237. The molecule has 0 aromatic heterocycles. The highest BCUT2D eigenvalue weighted by molar-refractivity contribution is 5.71. The van der Waals surface area contributed by atoms with Crippen LogP contribution < -0.4 is 0 Å². The summed E-state index contributed by atoms with van der Waals surface area (Å²) in [6.45, 7) is 9.06. The maximum absolute atomic E-state index is 11.4. The topological polar surface area (TPSA) is 29.5 Å². The minimum Gasteiger partial charge on any atom is -0.461 e. The molecule has 0 N–H and O–H groups in total. The van der Waals surface area contributed by atoms with Crippen LogP contribution in [0.3, 0.4) is 0 Å². The Labute approximate surface area is 92.8 Å². The van der Waals surface area contributed by atoms with Gasteiger partial charge in [-0.25, -0.2) is 0 Å². The van der Waals surface area contributed by atoms with Crippen LogP contribution in [0.5, 0.6) is 0 Å². The van der Waals surface area contributed by atoms with E-state index >= 15 is 0 Å². The number of ether oxygens (including phenoxy) is 1. The molecule has 0 radical (unpaired) electrons. The van der Waals surface area contributed by atoms with Crippen molar-refractivity contribution in [1.29, 1.82) is 0 Å². The molecule has 0 amide bonds. The predicted octanol–water partition coefficient (Wildman–Crippen LogP) is 2.06. The van der Waals surface area contributed by atoms with Gasteiger partial charge in [0.15, 0.2) is 0 Å². The monoisotopic (exact) mass is 213 g/mol. The normalized spacial score (nSPS) is 26.7. The molecule has 0 spiro atoms. The van der Waals surface area contributed by atoms with E-state index in [1.54, 1.807) is 0 Å². The van der Waals surface area contributed by atoms with E-state index < -0.39 is 0 Å². The summed E-state index contributed by atoms with van der Waals surface area (Å²) in [4.78, 5) is 13.7. The van der Waals surface area contributed by atoms with Crippen molar-refractivity contribution in [3.63, 3.8) is 0 Å². The molecule has 0 aromatic rings. The van der Waals surface area contributed by atoms with Gasteiger partial charge in [-0.1, -0.05) is 13.8 Å². The lowest BCUT2D eigenvalue weighted by molar-refractivity contribution is -0.157. The maximum Gasteiger partial charge on any atom is 0.308 e. The lowest BCUT2D eigenvalue weighted by Crippen LogP contribution is -2.50. The minimum absolute atomic E-state index is 0.0229. The van der Waals surface area contributed by atoms with Crippen LogP contribution in [0.15, 0.2) is 0 Å². The summed E-state index contributed by atoms with van der Waals surface area (Å²) in [5.74, 6) is -0.0988. The summed E-state index contributed by atoms with van der Waals surface area (Å²) < 4.78 is 5.44. The average Bonchev–Trinajstić information content (AvgIpc) is 2.12. The Balaban J connectivity index is 2.45. The lowest BCUT2D eigenvalue weighted by Gasteiger charge is -2.43. The molecule has 0 saturated carbocycles. The van der Waals surface area contributed by atoms with Gasteiger partial charge in [0.2, 0.25) is 0 Å². The second-order valence-corrected chi connectivity index (χ2v) is 5.45. The zero-order valence-corrected chi connectivity index (χ0v) is 10.5. The number of rotatable bonds is 2. The molecule has 1 aliphatic heterocycles. The van der Waals surface area contributed by atoms with E-state index in [-0.39, 0.29) is 23.5 Å². The van der Waals surface area contributed by atoms with Gasteiger partial charge in [0.25, 0.3) is 0 Å². The predicted molar refractivity (Wildman–Crippen MR) is 60.7 cm³/mol. The molecule has 15 heavy (non-hydrogen) atoms. The zero-order chi connectivity index (χ0) is 11.6. The number of hydrogen-bond acceptors (Lipinski definition) is 3. The molecule has 1 atom stereocenters. The zero-order valence-electron chi connectivity index (χ0n) is 10.5. The van der Waals surface area contributed by atoms with Crippen LogP contribution >= 0.6 is 0 Å². The molecule has 0 unspecified atom stereocenters. The largest absolute Gasteiger partial charge is 0.461 e. The Morgan fingerprint density at radius 1 is 1.47 bits per heavy atom. The number of likely N-dealkylation sites (tertiary alicyclic amines) is 1. The van der Waals surface area contributed by atoms with Crippen LogP contribution in [0.2, 0.25) is 0 Å². The third-order valence-corrected chi connectivity index (χ3v) is 3.34. The lowest BCUT2D eigenvalue weighted by atomic mass is 9.90. The summed E-state index contributed by atoms with van der Waals surface area (Å²) in [6.07, 6.45) is 2.15. The van der Waals surface area contributed by atoms with Gasteiger partial charge in [-0.15, -0.1) is 0 Å². The summed E-state index contributed by atoms with van der Waals surface area (Å²) in [7, 11) is 2.09. The molecular formula is C12H23NO2. The van der Waals surface area contributed by atoms with Gasteiger partial charge in [0, 0.05) is 12.1 Å². The number of esters is 1. The van der Waals surface area contributed by atoms with Crippen molar-refractivity contribution in [3.8, 4) is 0 Å². The second-order valence-electron chi connectivity index (χ2n) is 5.45. The quantitative estimate of drug-likeness (QED) is 0.658. The Bertz CT molecular complexity index is 236. The first kappa shape index (κ1) is 12.5. The van der Waals surface area contributed by atoms with Gasteiger partial charge in [-0.3, -0.25) is 9.69 Å². The number of carbonyl (C=O) groups is 1. The van der Waals surface area contributed by atoms with Gasteiger partial charge < -0.3 is 4.74 Å². The van der Waals surface area contributed by atoms with E-state index in [0.29, 0.717) is 0 Å². The highest BCUT2D eigenvalue weighted by Gasteiger charge is 2.33. The highest BCUT2D eigenvalue weighted by atomic mass is 16.5. The van der Waals surface area contributed by atoms with Gasteiger partial charge in [0.1, 0.15) is 6.10 Å². The third-order valence-electron chi connectivity index (χ3n) is 3.34. The minimum atomic E-state index is -0.0758. The number of carbonyl (C=O) groups excluding carboxylic acids is 1. The van der Waals surface area contributed by atoms with Crippen molar-refractivity contribution in [3.05, 3.63) is 0 Å². The third kappa shape index (κ3) is 3.20. The Morgan fingerprint density at radius 2 is 2.07 bits per heavy atom. The standard InChI is InChI=1S/C12H23NO2/c1-9(2)11(14)15-10-6-7-12(3,4)13(5)8-10/h9-10H,6-8H2,1-5H3/t10-/m0/s1. The van der Waals surface area contributed by atoms with Crippen molar-refractivity contribution in [1.82, 2.24) is 4.90 Å².